The van der Waals surface area contributed by atoms with Crippen LogP contribution < -0.4 is 5.73 Å². The van der Waals surface area contributed by atoms with Crippen molar-refractivity contribution >= 4 is 17.9 Å². The monoisotopic (exact) mass is 289 g/mol. The highest BCUT2D eigenvalue weighted by molar-refractivity contribution is 6.00. The number of hydrogen-bond acceptors (Lipinski definition) is 7. The second-order valence-corrected chi connectivity index (χ2v) is 5.66. The second kappa shape index (κ2) is 6.69. The Labute approximate surface area is 118 Å². The maximum Gasteiger partial charge on any atom is 0.323 e. The first kappa shape index (κ1) is 18.4. The molecule has 0 saturated heterocycles. The molecule has 0 heterocycles. The van der Waals surface area contributed by atoms with E-state index in [0.717, 1.165) is 7.11 Å². The van der Waals surface area contributed by atoms with E-state index in [4.69, 9.17) is 10.5 Å². The van der Waals surface area contributed by atoms with Crippen LogP contribution in [0, 0.1) is 5.41 Å². The number of ether oxygens (including phenoxy) is 3. The van der Waals surface area contributed by atoms with Crippen molar-refractivity contribution in [2.24, 2.45) is 11.1 Å². The van der Waals surface area contributed by atoms with Crippen LogP contribution in [0.1, 0.15) is 34.1 Å². The summed E-state index contributed by atoms with van der Waals surface area (Å²) in [5.74, 6) is -2.33. The average molecular weight is 289 g/mol. The Morgan fingerprint density at radius 1 is 1.00 bits per heavy atom. The van der Waals surface area contributed by atoms with E-state index in [1.165, 1.54) is 14.0 Å². The lowest BCUT2D eigenvalue weighted by molar-refractivity contribution is -0.178. The predicted molar refractivity (Wildman–Crippen MR) is 70.6 cm³/mol. The minimum absolute atomic E-state index is 0.263. The van der Waals surface area contributed by atoms with Crippen LogP contribution in [-0.4, -0.2) is 43.8 Å². The maximum absolute atomic E-state index is 12.2. The van der Waals surface area contributed by atoms with Crippen molar-refractivity contribution in [1.82, 2.24) is 0 Å². The number of nitrogens with two attached hydrogens (primary N) is 1. The van der Waals surface area contributed by atoms with Gasteiger partial charge in [-0.25, -0.2) is 0 Å². The summed E-state index contributed by atoms with van der Waals surface area (Å²) in [5.41, 5.74) is 3.17. The van der Waals surface area contributed by atoms with Gasteiger partial charge in [-0.1, -0.05) is 0 Å². The SMILES string of the molecule is COC(=O)[C@H](N)CC(C)(C(=O)OC)C(=O)OC(C)(C)C. The van der Waals surface area contributed by atoms with Gasteiger partial charge in [-0.15, -0.1) is 0 Å². The Hall–Kier alpha value is -1.63. The van der Waals surface area contributed by atoms with Gasteiger partial charge in [0, 0.05) is 0 Å². The van der Waals surface area contributed by atoms with Crippen molar-refractivity contribution in [2.45, 2.75) is 45.8 Å². The maximum atomic E-state index is 12.2. The molecule has 116 valence electrons. The van der Waals surface area contributed by atoms with Gasteiger partial charge in [-0.2, -0.15) is 0 Å². The summed E-state index contributed by atoms with van der Waals surface area (Å²) in [6, 6.07) is -1.13. The highest BCUT2D eigenvalue weighted by atomic mass is 16.6. The summed E-state index contributed by atoms with van der Waals surface area (Å²) in [6.45, 7) is 6.34. The van der Waals surface area contributed by atoms with Gasteiger partial charge in [-0.3, -0.25) is 14.4 Å². The molecule has 0 radical (unpaired) electrons. The zero-order valence-corrected chi connectivity index (χ0v) is 12.8. The fourth-order valence-electron chi connectivity index (χ4n) is 1.54. The molecule has 0 aromatic heterocycles. The van der Waals surface area contributed by atoms with Crippen molar-refractivity contribution in [1.29, 1.82) is 0 Å². The molecule has 2 N–H and O–H groups in total. The van der Waals surface area contributed by atoms with Crippen LogP contribution in [0.15, 0.2) is 0 Å². The zero-order chi connectivity index (χ0) is 16.1. The Morgan fingerprint density at radius 2 is 1.50 bits per heavy atom. The molecule has 0 bridgehead atoms. The van der Waals surface area contributed by atoms with Crippen LogP contribution >= 0.6 is 0 Å². The van der Waals surface area contributed by atoms with Gasteiger partial charge in [0.25, 0.3) is 0 Å². The van der Waals surface area contributed by atoms with Crippen molar-refractivity contribution in [2.75, 3.05) is 14.2 Å². The molecule has 20 heavy (non-hydrogen) atoms. The van der Waals surface area contributed by atoms with Gasteiger partial charge >= 0.3 is 17.9 Å². The number of carbonyl (C=O) groups is 3. The number of rotatable bonds is 5. The van der Waals surface area contributed by atoms with Gasteiger partial charge < -0.3 is 19.9 Å². The molecule has 0 amide bonds. The molecular formula is C13H23NO6. The molecule has 0 saturated carbocycles. The molecule has 0 spiro atoms. The molecule has 0 aliphatic rings. The first-order chi connectivity index (χ1) is 8.97. The van der Waals surface area contributed by atoms with Crippen LogP contribution in [0.5, 0.6) is 0 Å². The first-order valence-corrected chi connectivity index (χ1v) is 6.13. The van der Waals surface area contributed by atoms with Gasteiger partial charge in [0.15, 0.2) is 5.41 Å². The van der Waals surface area contributed by atoms with Crippen LogP contribution in [0.25, 0.3) is 0 Å². The smallest absolute Gasteiger partial charge is 0.323 e. The standard InChI is InChI=1S/C13H23NO6/c1-12(2,3)20-11(17)13(4,10(16)19-6)7-8(14)9(15)18-5/h8H,7,14H2,1-6H3/t8-,13?/m1/s1. The highest BCUT2D eigenvalue weighted by Crippen LogP contribution is 2.29. The Morgan fingerprint density at radius 3 is 1.85 bits per heavy atom. The van der Waals surface area contributed by atoms with E-state index in [1.54, 1.807) is 20.8 Å². The average Bonchev–Trinajstić information content (AvgIpc) is 2.34. The fraction of sp³-hybridized carbons (Fsp3) is 0.769. The third-order valence-electron chi connectivity index (χ3n) is 2.62. The quantitative estimate of drug-likeness (QED) is 0.443. The molecular weight excluding hydrogens is 266 g/mol. The van der Waals surface area contributed by atoms with Crippen molar-refractivity contribution in [3.05, 3.63) is 0 Å². The number of hydrogen-bond donors (Lipinski definition) is 1. The third-order valence-corrected chi connectivity index (χ3v) is 2.62. The molecule has 0 fully saturated rings. The predicted octanol–water partition coefficient (Wildman–Crippen LogP) is 0.398. The normalized spacial score (nSPS) is 15.8. The number of carbonyl (C=O) groups excluding carboxylic acids is 3. The minimum atomic E-state index is -1.67. The van der Waals surface area contributed by atoms with Gasteiger partial charge in [-0.05, 0) is 34.1 Å². The van der Waals surface area contributed by atoms with Crippen LogP contribution in [0.3, 0.4) is 0 Å². The van der Waals surface area contributed by atoms with Crippen LogP contribution in [0.4, 0.5) is 0 Å². The molecule has 2 atom stereocenters. The van der Waals surface area contributed by atoms with Gasteiger partial charge in [0.1, 0.15) is 11.6 Å². The van der Waals surface area contributed by atoms with Crippen molar-refractivity contribution < 1.29 is 28.6 Å². The summed E-state index contributed by atoms with van der Waals surface area (Å²) < 4.78 is 14.3. The Balaban J connectivity index is 5.26. The van der Waals surface area contributed by atoms with E-state index in [1.807, 2.05) is 0 Å². The lowest BCUT2D eigenvalue weighted by Crippen LogP contribution is -2.47. The molecule has 0 aliphatic carbocycles. The molecule has 1 unspecified atom stereocenters. The van der Waals surface area contributed by atoms with Gasteiger partial charge in [0.05, 0.1) is 14.2 Å². The molecule has 0 aliphatic heterocycles. The van der Waals surface area contributed by atoms with E-state index in [9.17, 15) is 14.4 Å². The largest absolute Gasteiger partial charge is 0.468 e. The van der Waals surface area contributed by atoms with E-state index in [0.29, 0.717) is 0 Å². The number of methoxy groups -OCH3 is 2. The summed E-state index contributed by atoms with van der Waals surface area (Å²) in [6.07, 6.45) is -0.263. The summed E-state index contributed by atoms with van der Waals surface area (Å²) in [4.78, 5) is 35.4. The summed E-state index contributed by atoms with van der Waals surface area (Å²) in [5, 5.41) is 0. The highest BCUT2D eigenvalue weighted by Gasteiger charge is 2.47. The van der Waals surface area contributed by atoms with Crippen LogP contribution in [0.2, 0.25) is 0 Å². The minimum Gasteiger partial charge on any atom is -0.468 e. The molecule has 0 aromatic carbocycles. The van der Waals surface area contributed by atoms with E-state index in [2.05, 4.69) is 9.47 Å². The zero-order valence-electron chi connectivity index (χ0n) is 12.8. The molecule has 0 aromatic rings. The molecule has 7 heteroatoms. The third kappa shape index (κ3) is 4.80. The number of esters is 3. The van der Waals surface area contributed by atoms with E-state index >= 15 is 0 Å². The lowest BCUT2D eigenvalue weighted by Gasteiger charge is -2.30. The van der Waals surface area contributed by atoms with Crippen molar-refractivity contribution in [3.8, 4) is 0 Å². The van der Waals surface area contributed by atoms with Crippen LogP contribution in [-0.2, 0) is 28.6 Å². The Kier molecular flexibility index (Phi) is 6.15. The Bertz CT molecular complexity index is 387. The topological polar surface area (TPSA) is 105 Å². The van der Waals surface area contributed by atoms with E-state index in [-0.39, 0.29) is 6.42 Å². The molecule has 7 nitrogen and oxygen atoms in total. The first-order valence-electron chi connectivity index (χ1n) is 6.13. The van der Waals surface area contributed by atoms with E-state index < -0.39 is 35.0 Å². The lowest BCUT2D eigenvalue weighted by atomic mass is 9.83. The summed E-state index contributed by atoms with van der Waals surface area (Å²) in [7, 11) is 2.32. The fourth-order valence-corrected chi connectivity index (χ4v) is 1.54. The summed E-state index contributed by atoms with van der Waals surface area (Å²) >= 11 is 0. The second-order valence-electron chi connectivity index (χ2n) is 5.66. The molecule has 0 rings (SSSR count). The van der Waals surface area contributed by atoms with Gasteiger partial charge in [0.2, 0.25) is 0 Å². The van der Waals surface area contributed by atoms with Crippen molar-refractivity contribution in [3.63, 3.8) is 0 Å².